The minimum atomic E-state index is -0.517. The number of hydrogen-bond acceptors (Lipinski definition) is 5. The Labute approximate surface area is 174 Å². The molecule has 28 heavy (non-hydrogen) atoms. The summed E-state index contributed by atoms with van der Waals surface area (Å²) in [6.45, 7) is 0. The summed E-state index contributed by atoms with van der Waals surface area (Å²) < 4.78 is 0. The van der Waals surface area contributed by atoms with Gasteiger partial charge in [-0.3, -0.25) is 14.7 Å². The second-order valence-electron chi connectivity index (χ2n) is 6.59. The number of amides is 4. The third-order valence-corrected chi connectivity index (χ3v) is 6.02. The van der Waals surface area contributed by atoms with E-state index in [0.29, 0.717) is 5.69 Å². The fourth-order valence-corrected chi connectivity index (χ4v) is 4.18. The van der Waals surface area contributed by atoms with Crippen LogP contribution >= 0.6 is 23.5 Å². The fourth-order valence-electron chi connectivity index (χ4n) is 3.27. The van der Waals surface area contributed by atoms with Gasteiger partial charge in [-0.15, -0.1) is 23.5 Å². The predicted octanol–water partition coefficient (Wildman–Crippen LogP) is 4.47. The van der Waals surface area contributed by atoms with Crippen molar-refractivity contribution in [2.24, 2.45) is 0 Å². The fraction of sp³-hybridized carbons (Fsp3) is 0.300. The van der Waals surface area contributed by atoms with Crippen LogP contribution in [0.4, 0.5) is 21.0 Å². The maximum absolute atomic E-state index is 13.6. The lowest BCUT2D eigenvalue weighted by molar-refractivity contribution is 0.113. The van der Waals surface area contributed by atoms with Gasteiger partial charge in [0.1, 0.15) is 0 Å². The lowest BCUT2D eigenvalue weighted by Gasteiger charge is -2.48. The molecule has 1 fully saturated rings. The zero-order chi connectivity index (χ0) is 20.4. The number of urea groups is 2. The Morgan fingerprint density at radius 2 is 1.39 bits per heavy atom. The van der Waals surface area contributed by atoms with E-state index in [1.807, 2.05) is 74.0 Å². The van der Waals surface area contributed by atoms with E-state index in [-0.39, 0.29) is 12.1 Å². The van der Waals surface area contributed by atoms with Crippen molar-refractivity contribution < 1.29 is 9.59 Å². The number of hydrogen-bond donors (Lipinski definition) is 0. The number of rotatable bonds is 5. The van der Waals surface area contributed by atoms with Gasteiger partial charge in [0.25, 0.3) is 0 Å². The first kappa shape index (κ1) is 20.6. The number of benzene rings is 2. The van der Waals surface area contributed by atoms with E-state index in [1.165, 1.54) is 4.90 Å². The van der Waals surface area contributed by atoms with E-state index in [1.54, 1.807) is 46.4 Å². The van der Waals surface area contributed by atoms with Gasteiger partial charge in [-0.05, 0) is 63.0 Å². The smallest absolute Gasteiger partial charge is 0.293 e. The maximum Gasteiger partial charge on any atom is 0.340 e. The van der Waals surface area contributed by atoms with Crippen LogP contribution < -0.4 is 9.80 Å². The number of carbonyl (C=O) groups excluding carboxylic acids is 2. The molecule has 0 saturated carbocycles. The molecular weight excluding hydrogens is 392 g/mol. The summed E-state index contributed by atoms with van der Waals surface area (Å²) in [5.41, 5.74) is 1.32. The average Bonchev–Trinajstić information content (AvgIpc) is 2.70. The molecule has 2 aromatic rings. The van der Waals surface area contributed by atoms with Crippen molar-refractivity contribution in [3.8, 4) is 0 Å². The Hall–Kier alpha value is -2.16. The van der Waals surface area contributed by atoms with Gasteiger partial charge >= 0.3 is 12.1 Å². The molecule has 1 aliphatic rings. The van der Waals surface area contributed by atoms with Gasteiger partial charge in [-0.2, -0.15) is 0 Å². The van der Waals surface area contributed by atoms with Crippen molar-refractivity contribution in [1.29, 1.82) is 0 Å². The highest BCUT2D eigenvalue weighted by Crippen LogP contribution is 2.32. The molecule has 1 unspecified atom stereocenters. The summed E-state index contributed by atoms with van der Waals surface area (Å²) in [6, 6.07) is 14.6. The van der Waals surface area contributed by atoms with Crippen molar-refractivity contribution >= 4 is 47.0 Å². The number of thioether (sulfide) groups is 2. The van der Waals surface area contributed by atoms with Gasteiger partial charge in [0.2, 0.25) is 0 Å². The Balaban J connectivity index is 2.11. The van der Waals surface area contributed by atoms with Gasteiger partial charge in [0.15, 0.2) is 6.29 Å². The van der Waals surface area contributed by atoms with Crippen LogP contribution in [0, 0.1) is 0 Å². The molecule has 6 nitrogen and oxygen atoms in total. The Morgan fingerprint density at radius 1 is 0.857 bits per heavy atom. The summed E-state index contributed by atoms with van der Waals surface area (Å²) in [4.78, 5) is 35.1. The van der Waals surface area contributed by atoms with Gasteiger partial charge in [-0.1, -0.05) is 12.1 Å². The number of imide groups is 1. The van der Waals surface area contributed by atoms with Gasteiger partial charge in [0, 0.05) is 16.8 Å². The molecule has 0 radical (unpaired) electrons. The molecule has 1 heterocycles. The first-order chi connectivity index (χ1) is 13.4. The molecule has 8 heteroatoms. The highest BCUT2D eigenvalue weighted by Gasteiger charge is 2.45. The largest absolute Gasteiger partial charge is 0.340 e. The predicted molar refractivity (Wildman–Crippen MR) is 117 cm³/mol. The highest BCUT2D eigenvalue weighted by molar-refractivity contribution is 7.98. The van der Waals surface area contributed by atoms with Gasteiger partial charge < -0.3 is 0 Å². The molecular formula is C20H24N4O2S2. The molecule has 0 bridgehead atoms. The third kappa shape index (κ3) is 3.72. The van der Waals surface area contributed by atoms with E-state index >= 15 is 0 Å². The van der Waals surface area contributed by atoms with Crippen molar-refractivity contribution in [3.63, 3.8) is 0 Å². The van der Waals surface area contributed by atoms with E-state index < -0.39 is 6.29 Å². The standard InChI is InChI=1S/C20H24N4O2S2/c1-21(2)18-22(3)19(25)24(15-9-7-11-17(13-15)28-5)20(26)23(18)14-8-6-10-16(12-14)27-4/h6-13,18H,1-5H3. The molecule has 1 saturated heterocycles. The summed E-state index contributed by atoms with van der Waals surface area (Å²) in [5.74, 6) is 0. The molecule has 0 spiro atoms. The summed E-state index contributed by atoms with van der Waals surface area (Å²) in [7, 11) is 5.44. The lowest BCUT2D eigenvalue weighted by atomic mass is 10.2. The quantitative estimate of drug-likeness (QED) is 0.673. The third-order valence-electron chi connectivity index (χ3n) is 4.57. The first-order valence-corrected chi connectivity index (χ1v) is 11.2. The zero-order valence-electron chi connectivity index (χ0n) is 16.6. The molecule has 4 amide bonds. The van der Waals surface area contributed by atoms with Crippen molar-refractivity contribution in [2.75, 3.05) is 43.5 Å². The Kier molecular flexibility index (Phi) is 6.22. The van der Waals surface area contributed by atoms with Crippen LogP contribution in [0.15, 0.2) is 58.3 Å². The first-order valence-electron chi connectivity index (χ1n) is 8.73. The van der Waals surface area contributed by atoms with E-state index in [2.05, 4.69) is 0 Å². The molecule has 3 rings (SSSR count). The summed E-state index contributed by atoms with van der Waals surface area (Å²) >= 11 is 3.18. The second-order valence-corrected chi connectivity index (χ2v) is 8.35. The van der Waals surface area contributed by atoms with Crippen LogP contribution in [0.25, 0.3) is 0 Å². The zero-order valence-corrected chi connectivity index (χ0v) is 18.3. The van der Waals surface area contributed by atoms with Crippen LogP contribution in [-0.4, -0.2) is 61.8 Å². The Bertz CT molecular complexity index is 890. The molecule has 1 aliphatic heterocycles. The number of carbonyl (C=O) groups is 2. The summed E-state index contributed by atoms with van der Waals surface area (Å²) in [5, 5.41) is 0. The number of nitrogens with zero attached hydrogens (tertiary/aromatic N) is 4. The second kappa shape index (κ2) is 8.46. The van der Waals surface area contributed by atoms with E-state index in [9.17, 15) is 9.59 Å². The van der Waals surface area contributed by atoms with E-state index in [0.717, 1.165) is 15.5 Å². The molecule has 1 atom stereocenters. The number of anilines is 2. The summed E-state index contributed by atoms with van der Waals surface area (Å²) in [6.07, 6.45) is 3.45. The molecule has 2 aromatic carbocycles. The van der Waals surface area contributed by atoms with Crippen LogP contribution in [0.3, 0.4) is 0 Å². The lowest BCUT2D eigenvalue weighted by Crippen LogP contribution is -2.69. The van der Waals surface area contributed by atoms with Crippen LogP contribution in [0.1, 0.15) is 0 Å². The van der Waals surface area contributed by atoms with Crippen LogP contribution in [0.2, 0.25) is 0 Å². The van der Waals surface area contributed by atoms with Crippen molar-refractivity contribution in [2.45, 2.75) is 16.1 Å². The van der Waals surface area contributed by atoms with Crippen LogP contribution in [-0.2, 0) is 0 Å². The van der Waals surface area contributed by atoms with Crippen LogP contribution in [0.5, 0.6) is 0 Å². The van der Waals surface area contributed by atoms with E-state index in [4.69, 9.17) is 0 Å². The average molecular weight is 417 g/mol. The minimum absolute atomic E-state index is 0.348. The monoisotopic (exact) mass is 416 g/mol. The Morgan fingerprint density at radius 3 is 1.93 bits per heavy atom. The van der Waals surface area contributed by atoms with Crippen molar-refractivity contribution in [1.82, 2.24) is 9.80 Å². The highest BCUT2D eigenvalue weighted by atomic mass is 32.2. The normalized spacial score (nSPS) is 17.6. The minimum Gasteiger partial charge on any atom is -0.293 e. The molecule has 0 aliphatic carbocycles. The molecule has 0 aromatic heterocycles. The van der Waals surface area contributed by atoms with Gasteiger partial charge in [0.05, 0.1) is 11.4 Å². The maximum atomic E-state index is 13.6. The molecule has 0 N–H and O–H groups in total. The SMILES string of the molecule is CSc1cccc(N2C(=O)N(C)C(N(C)C)N(c3cccc(SC)c3)C2=O)c1. The van der Waals surface area contributed by atoms with Crippen molar-refractivity contribution in [3.05, 3.63) is 48.5 Å². The topological polar surface area (TPSA) is 47.1 Å². The molecule has 148 valence electrons. The van der Waals surface area contributed by atoms with Gasteiger partial charge in [-0.25, -0.2) is 14.5 Å².